The van der Waals surface area contributed by atoms with Gasteiger partial charge in [-0.3, -0.25) is 4.79 Å². The number of methoxy groups -OCH3 is 2. The summed E-state index contributed by atoms with van der Waals surface area (Å²) in [5.41, 5.74) is 1.28. The lowest BCUT2D eigenvalue weighted by Crippen LogP contribution is -2.55. The van der Waals surface area contributed by atoms with Gasteiger partial charge in [-0.2, -0.15) is 0 Å². The minimum absolute atomic E-state index is 0.254. The van der Waals surface area contributed by atoms with E-state index in [1.54, 1.807) is 12.1 Å². The Morgan fingerprint density at radius 2 is 1.71 bits per heavy atom. The Morgan fingerprint density at radius 3 is 2.21 bits per heavy atom. The summed E-state index contributed by atoms with van der Waals surface area (Å²) in [6.45, 7) is 2.80. The molecule has 1 amide bonds. The first kappa shape index (κ1) is 18.5. The van der Waals surface area contributed by atoms with Crippen molar-refractivity contribution in [3.05, 3.63) is 17.7 Å². The zero-order valence-electron chi connectivity index (χ0n) is 14.4. The SMILES string of the molecule is COc1cc(C)c(NC(=O)C2(S(C)(=O)=O)CCNCC2)cc1OC. The number of carbonyl (C=O) groups is 1. The molecule has 1 heterocycles. The minimum Gasteiger partial charge on any atom is -0.493 e. The van der Waals surface area contributed by atoms with Crippen LogP contribution in [0.1, 0.15) is 18.4 Å². The van der Waals surface area contributed by atoms with E-state index in [2.05, 4.69) is 10.6 Å². The number of ether oxygens (including phenoxy) is 2. The lowest BCUT2D eigenvalue weighted by molar-refractivity contribution is -0.119. The zero-order valence-corrected chi connectivity index (χ0v) is 15.2. The highest BCUT2D eigenvalue weighted by atomic mass is 32.2. The summed E-state index contributed by atoms with van der Waals surface area (Å²) in [4.78, 5) is 12.9. The Hall–Kier alpha value is -1.80. The number of amides is 1. The van der Waals surface area contributed by atoms with Crippen molar-refractivity contribution >= 4 is 21.4 Å². The van der Waals surface area contributed by atoms with Gasteiger partial charge in [-0.1, -0.05) is 0 Å². The third-order valence-electron chi connectivity index (χ3n) is 4.51. The fourth-order valence-corrected chi connectivity index (χ4v) is 4.28. The molecule has 2 rings (SSSR count). The predicted molar refractivity (Wildman–Crippen MR) is 92.6 cm³/mol. The quantitative estimate of drug-likeness (QED) is 0.821. The van der Waals surface area contributed by atoms with Gasteiger partial charge in [-0.25, -0.2) is 8.42 Å². The summed E-state index contributed by atoms with van der Waals surface area (Å²) >= 11 is 0. The summed E-state index contributed by atoms with van der Waals surface area (Å²) in [6.07, 6.45) is 1.63. The summed E-state index contributed by atoms with van der Waals surface area (Å²) < 4.78 is 33.7. The van der Waals surface area contributed by atoms with Crippen LogP contribution in [0.4, 0.5) is 5.69 Å². The summed E-state index contributed by atoms with van der Waals surface area (Å²) in [6, 6.07) is 3.38. The van der Waals surface area contributed by atoms with Crippen LogP contribution in [0.2, 0.25) is 0 Å². The van der Waals surface area contributed by atoms with Crippen molar-refractivity contribution in [3.8, 4) is 11.5 Å². The second kappa shape index (κ2) is 6.98. The third kappa shape index (κ3) is 3.34. The monoisotopic (exact) mass is 356 g/mol. The van der Waals surface area contributed by atoms with Gasteiger partial charge in [0.1, 0.15) is 0 Å². The Morgan fingerprint density at radius 1 is 1.17 bits per heavy atom. The molecule has 2 N–H and O–H groups in total. The van der Waals surface area contributed by atoms with Crippen LogP contribution in [0.3, 0.4) is 0 Å². The summed E-state index contributed by atoms with van der Waals surface area (Å²) in [5, 5.41) is 5.87. The number of hydrogen-bond acceptors (Lipinski definition) is 6. The van der Waals surface area contributed by atoms with Gasteiger partial charge in [-0.15, -0.1) is 0 Å². The topological polar surface area (TPSA) is 93.7 Å². The number of piperidine rings is 1. The highest BCUT2D eigenvalue weighted by Crippen LogP contribution is 2.35. The van der Waals surface area contributed by atoms with E-state index in [0.29, 0.717) is 30.3 Å². The first-order valence-corrected chi connectivity index (χ1v) is 9.58. The van der Waals surface area contributed by atoms with E-state index in [1.807, 2.05) is 6.92 Å². The van der Waals surface area contributed by atoms with Crippen molar-refractivity contribution in [2.24, 2.45) is 0 Å². The number of sulfone groups is 1. The van der Waals surface area contributed by atoms with Crippen molar-refractivity contribution in [1.82, 2.24) is 5.32 Å². The molecule has 1 aromatic rings. The first-order valence-electron chi connectivity index (χ1n) is 7.69. The molecule has 0 atom stereocenters. The molecule has 1 aliphatic heterocycles. The van der Waals surface area contributed by atoms with Gasteiger partial charge in [0.15, 0.2) is 26.1 Å². The molecule has 7 nitrogen and oxygen atoms in total. The van der Waals surface area contributed by atoms with Crippen molar-refractivity contribution in [3.63, 3.8) is 0 Å². The van der Waals surface area contributed by atoms with Crippen LogP contribution in [-0.4, -0.2) is 52.6 Å². The van der Waals surface area contributed by atoms with E-state index in [0.717, 1.165) is 11.8 Å². The fraction of sp³-hybridized carbons (Fsp3) is 0.562. The molecule has 0 radical (unpaired) electrons. The Bertz CT molecular complexity index is 724. The molecule has 0 bridgehead atoms. The third-order valence-corrected chi connectivity index (χ3v) is 6.53. The van der Waals surface area contributed by atoms with Gasteiger partial charge >= 0.3 is 0 Å². The van der Waals surface area contributed by atoms with E-state index < -0.39 is 20.5 Å². The van der Waals surface area contributed by atoms with Crippen LogP contribution in [0.5, 0.6) is 11.5 Å². The molecule has 0 spiro atoms. The van der Waals surface area contributed by atoms with Gasteiger partial charge in [-0.05, 0) is 44.5 Å². The molecule has 1 aliphatic rings. The zero-order chi connectivity index (χ0) is 18.0. The molecule has 1 saturated heterocycles. The van der Waals surface area contributed by atoms with Crippen molar-refractivity contribution in [1.29, 1.82) is 0 Å². The maximum atomic E-state index is 12.9. The standard InChI is InChI=1S/C16H24N2O5S/c1-11-9-13(22-2)14(23-3)10-12(11)18-15(19)16(24(4,20)21)5-7-17-8-6-16/h9-10,17H,5-8H2,1-4H3,(H,18,19). The largest absolute Gasteiger partial charge is 0.493 e. The smallest absolute Gasteiger partial charge is 0.245 e. The molecule has 8 heteroatoms. The molecule has 0 unspecified atom stereocenters. The first-order chi connectivity index (χ1) is 11.2. The molecule has 24 heavy (non-hydrogen) atoms. The molecule has 1 fully saturated rings. The average Bonchev–Trinajstić information content (AvgIpc) is 2.55. The summed E-state index contributed by atoms with van der Waals surface area (Å²) in [5.74, 6) is 0.520. The van der Waals surface area contributed by atoms with Crippen molar-refractivity contribution < 1.29 is 22.7 Å². The van der Waals surface area contributed by atoms with E-state index in [-0.39, 0.29) is 12.8 Å². The predicted octanol–water partition coefficient (Wildman–Crippen LogP) is 1.12. The molecular weight excluding hydrogens is 332 g/mol. The van der Waals surface area contributed by atoms with Crippen molar-refractivity contribution in [2.75, 3.05) is 38.9 Å². The van der Waals surface area contributed by atoms with Gasteiger partial charge in [0.2, 0.25) is 5.91 Å². The normalized spacial score (nSPS) is 17.2. The van der Waals surface area contributed by atoms with Crippen LogP contribution in [0, 0.1) is 6.92 Å². The van der Waals surface area contributed by atoms with Gasteiger partial charge in [0.05, 0.1) is 14.2 Å². The molecule has 0 aromatic heterocycles. The number of anilines is 1. The number of hydrogen-bond donors (Lipinski definition) is 2. The van der Waals surface area contributed by atoms with Crippen LogP contribution < -0.4 is 20.1 Å². The molecule has 0 saturated carbocycles. The average molecular weight is 356 g/mol. The number of benzene rings is 1. The van der Waals surface area contributed by atoms with Gasteiger partial charge in [0, 0.05) is 18.0 Å². The Balaban J connectivity index is 2.37. The minimum atomic E-state index is -3.56. The van der Waals surface area contributed by atoms with Crippen LogP contribution in [-0.2, 0) is 14.6 Å². The molecule has 134 valence electrons. The number of carbonyl (C=O) groups excluding carboxylic acids is 1. The van der Waals surface area contributed by atoms with E-state index in [4.69, 9.17) is 9.47 Å². The maximum absolute atomic E-state index is 12.9. The van der Waals surface area contributed by atoms with Gasteiger partial charge in [0.25, 0.3) is 0 Å². The lowest BCUT2D eigenvalue weighted by atomic mass is 9.95. The van der Waals surface area contributed by atoms with E-state index >= 15 is 0 Å². The second-order valence-corrected chi connectivity index (χ2v) is 8.32. The van der Waals surface area contributed by atoms with Crippen LogP contribution in [0.25, 0.3) is 0 Å². The number of rotatable bonds is 5. The Kier molecular flexibility index (Phi) is 5.39. The van der Waals surface area contributed by atoms with E-state index in [9.17, 15) is 13.2 Å². The van der Waals surface area contributed by atoms with Gasteiger partial charge < -0.3 is 20.1 Å². The van der Waals surface area contributed by atoms with Crippen molar-refractivity contribution in [2.45, 2.75) is 24.5 Å². The van der Waals surface area contributed by atoms with E-state index in [1.165, 1.54) is 14.2 Å². The summed E-state index contributed by atoms with van der Waals surface area (Å²) in [7, 11) is -0.522. The second-order valence-electron chi connectivity index (χ2n) is 5.99. The maximum Gasteiger partial charge on any atom is 0.245 e. The highest BCUT2D eigenvalue weighted by molar-refractivity contribution is 7.92. The molecule has 0 aliphatic carbocycles. The lowest BCUT2D eigenvalue weighted by Gasteiger charge is -2.34. The number of nitrogens with one attached hydrogen (secondary N) is 2. The van der Waals surface area contributed by atoms with Crippen LogP contribution >= 0.6 is 0 Å². The molecular formula is C16H24N2O5S. The van der Waals surface area contributed by atoms with Crippen LogP contribution in [0.15, 0.2) is 12.1 Å². The molecule has 1 aromatic carbocycles. The Labute approximate surface area is 142 Å². The highest BCUT2D eigenvalue weighted by Gasteiger charge is 2.48. The number of aryl methyl sites for hydroxylation is 1. The fourth-order valence-electron chi connectivity index (χ4n) is 2.95.